The van der Waals surface area contributed by atoms with Crippen LogP contribution in [-0.2, 0) is 14.3 Å². The molecule has 0 aromatic heterocycles. The Morgan fingerprint density at radius 3 is 3.09 bits per heavy atom. The lowest BCUT2D eigenvalue weighted by molar-refractivity contribution is -0.152. The number of ether oxygens (including phenoxy) is 2. The largest absolute Gasteiger partial charge is 0.466 e. The van der Waals surface area contributed by atoms with E-state index >= 15 is 0 Å². The van der Waals surface area contributed by atoms with Gasteiger partial charge >= 0.3 is 5.97 Å². The average molecular weight is 158 g/mol. The molecular formula is C8H14O3. The molecule has 0 aliphatic carbocycles. The predicted molar refractivity (Wildman–Crippen MR) is 40.2 cm³/mol. The molecule has 0 spiro atoms. The first-order chi connectivity index (χ1) is 5.34. The Hall–Kier alpha value is -0.570. The molecule has 1 saturated heterocycles. The van der Waals surface area contributed by atoms with Crippen molar-refractivity contribution in [3.8, 4) is 0 Å². The molecule has 1 rings (SSSR count). The van der Waals surface area contributed by atoms with Crippen molar-refractivity contribution in [2.75, 3.05) is 19.8 Å². The van der Waals surface area contributed by atoms with E-state index in [1.165, 1.54) is 0 Å². The van der Waals surface area contributed by atoms with Crippen molar-refractivity contribution in [1.82, 2.24) is 0 Å². The number of hydrogen-bond donors (Lipinski definition) is 0. The molecule has 0 aromatic rings. The maximum Gasteiger partial charge on any atom is 0.311 e. The van der Waals surface area contributed by atoms with Crippen LogP contribution in [0.3, 0.4) is 0 Å². The molecule has 1 heterocycles. The summed E-state index contributed by atoms with van der Waals surface area (Å²) in [6.07, 6.45) is 1.89. The van der Waals surface area contributed by atoms with Crippen LogP contribution in [0.25, 0.3) is 0 Å². The zero-order valence-electron chi connectivity index (χ0n) is 6.84. The Kier molecular flexibility index (Phi) is 3.36. The maximum absolute atomic E-state index is 11.1. The Morgan fingerprint density at radius 2 is 2.55 bits per heavy atom. The molecule has 1 atom stereocenters. The molecule has 1 aliphatic heterocycles. The van der Waals surface area contributed by atoms with E-state index in [2.05, 4.69) is 0 Å². The Morgan fingerprint density at radius 1 is 1.73 bits per heavy atom. The molecule has 11 heavy (non-hydrogen) atoms. The van der Waals surface area contributed by atoms with Crippen LogP contribution >= 0.6 is 0 Å². The Bertz CT molecular complexity index is 127. The van der Waals surface area contributed by atoms with Crippen molar-refractivity contribution >= 4 is 5.97 Å². The molecule has 0 radical (unpaired) electrons. The second kappa shape index (κ2) is 4.34. The summed E-state index contributed by atoms with van der Waals surface area (Å²) in [6, 6.07) is 0. The van der Waals surface area contributed by atoms with E-state index in [0.717, 1.165) is 19.4 Å². The van der Waals surface area contributed by atoms with Crippen molar-refractivity contribution in [2.24, 2.45) is 5.92 Å². The molecule has 3 nitrogen and oxygen atoms in total. The van der Waals surface area contributed by atoms with Crippen LogP contribution in [0.15, 0.2) is 0 Å². The summed E-state index contributed by atoms with van der Waals surface area (Å²) in [5.74, 6) is -0.115. The molecule has 64 valence electrons. The van der Waals surface area contributed by atoms with Gasteiger partial charge in [0.15, 0.2) is 0 Å². The van der Waals surface area contributed by atoms with Crippen LogP contribution in [0.4, 0.5) is 0 Å². The first kappa shape index (κ1) is 8.53. The fourth-order valence-corrected chi connectivity index (χ4v) is 1.19. The third-order valence-corrected chi connectivity index (χ3v) is 1.78. The summed E-state index contributed by atoms with van der Waals surface area (Å²) in [5.41, 5.74) is 0. The van der Waals surface area contributed by atoms with Crippen molar-refractivity contribution < 1.29 is 14.3 Å². The molecule has 0 amide bonds. The van der Waals surface area contributed by atoms with Crippen LogP contribution in [0.5, 0.6) is 0 Å². The van der Waals surface area contributed by atoms with Crippen LogP contribution in [0.1, 0.15) is 19.8 Å². The molecule has 0 aromatic carbocycles. The van der Waals surface area contributed by atoms with Gasteiger partial charge in [0.25, 0.3) is 0 Å². The normalized spacial score (nSPS) is 24.6. The van der Waals surface area contributed by atoms with E-state index < -0.39 is 0 Å². The van der Waals surface area contributed by atoms with E-state index in [-0.39, 0.29) is 11.9 Å². The molecule has 0 bridgehead atoms. The van der Waals surface area contributed by atoms with Gasteiger partial charge in [-0.05, 0) is 19.8 Å². The molecular weight excluding hydrogens is 144 g/mol. The van der Waals surface area contributed by atoms with Gasteiger partial charge in [0.1, 0.15) is 0 Å². The lowest BCUT2D eigenvalue weighted by atomic mass is 10.0. The molecule has 0 saturated carbocycles. The smallest absolute Gasteiger partial charge is 0.311 e. The van der Waals surface area contributed by atoms with Gasteiger partial charge in [-0.2, -0.15) is 0 Å². The zero-order chi connectivity index (χ0) is 8.10. The summed E-state index contributed by atoms with van der Waals surface area (Å²) in [5, 5.41) is 0. The first-order valence-corrected chi connectivity index (χ1v) is 4.09. The summed E-state index contributed by atoms with van der Waals surface area (Å²) < 4.78 is 10.0. The van der Waals surface area contributed by atoms with E-state index in [9.17, 15) is 4.79 Å². The predicted octanol–water partition coefficient (Wildman–Crippen LogP) is 0.976. The Labute approximate surface area is 66.7 Å². The zero-order valence-corrected chi connectivity index (χ0v) is 6.84. The van der Waals surface area contributed by atoms with Crippen LogP contribution < -0.4 is 0 Å². The highest BCUT2D eigenvalue weighted by Crippen LogP contribution is 2.14. The maximum atomic E-state index is 11.1. The number of hydrogen-bond acceptors (Lipinski definition) is 3. The fourth-order valence-electron chi connectivity index (χ4n) is 1.19. The van der Waals surface area contributed by atoms with Gasteiger partial charge in [0.2, 0.25) is 0 Å². The summed E-state index contributed by atoms with van der Waals surface area (Å²) >= 11 is 0. The molecule has 0 unspecified atom stereocenters. The topological polar surface area (TPSA) is 35.5 Å². The van der Waals surface area contributed by atoms with Gasteiger partial charge in [-0.25, -0.2) is 0 Å². The SMILES string of the molecule is CCOC(=O)[C@@H]1CCCOC1. The van der Waals surface area contributed by atoms with Gasteiger partial charge in [-0.1, -0.05) is 0 Å². The van der Waals surface area contributed by atoms with E-state index in [4.69, 9.17) is 9.47 Å². The summed E-state index contributed by atoms with van der Waals surface area (Å²) in [6.45, 7) is 3.62. The third-order valence-electron chi connectivity index (χ3n) is 1.78. The van der Waals surface area contributed by atoms with Gasteiger partial charge in [0, 0.05) is 6.61 Å². The van der Waals surface area contributed by atoms with E-state index in [0.29, 0.717) is 13.2 Å². The molecule has 1 aliphatic rings. The summed E-state index contributed by atoms with van der Waals surface area (Å²) in [7, 11) is 0. The number of rotatable bonds is 2. The number of esters is 1. The van der Waals surface area contributed by atoms with Gasteiger partial charge < -0.3 is 9.47 Å². The van der Waals surface area contributed by atoms with Gasteiger partial charge in [0.05, 0.1) is 19.1 Å². The monoisotopic (exact) mass is 158 g/mol. The van der Waals surface area contributed by atoms with Crippen molar-refractivity contribution in [1.29, 1.82) is 0 Å². The van der Waals surface area contributed by atoms with Crippen LogP contribution in [-0.4, -0.2) is 25.8 Å². The minimum absolute atomic E-state index is 0.0105. The fraction of sp³-hybridized carbons (Fsp3) is 0.875. The first-order valence-electron chi connectivity index (χ1n) is 4.09. The van der Waals surface area contributed by atoms with E-state index in [1.54, 1.807) is 0 Å². The quantitative estimate of drug-likeness (QED) is 0.562. The lowest BCUT2D eigenvalue weighted by Gasteiger charge is -2.19. The average Bonchev–Trinajstić information content (AvgIpc) is 2.07. The van der Waals surface area contributed by atoms with Gasteiger partial charge in [-0.15, -0.1) is 0 Å². The highest BCUT2D eigenvalue weighted by molar-refractivity contribution is 5.72. The third kappa shape index (κ3) is 2.50. The second-order valence-corrected chi connectivity index (χ2v) is 2.67. The number of carbonyl (C=O) groups is 1. The standard InChI is InChI=1S/C8H14O3/c1-2-11-8(9)7-4-3-5-10-6-7/h7H,2-6H2,1H3/t7-/m1/s1. The lowest BCUT2D eigenvalue weighted by Crippen LogP contribution is -2.26. The van der Waals surface area contributed by atoms with Gasteiger partial charge in [-0.3, -0.25) is 4.79 Å². The van der Waals surface area contributed by atoms with Crippen LogP contribution in [0, 0.1) is 5.92 Å². The van der Waals surface area contributed by atoms with Crippen molar-refractivity contribution in [3.05, 3.63) is 0 Å². The highest BCUT2D eigenvalue weighted by Gasteiger charge is 2.22. The minimum atomic E-state index is -0.104. The second-order valence-electron chi connectivity index (χ2n) is 2.67. The molecule has 0 N–H and O–H groups in total. The molecule has 3 heteroatoms. The highest BCUT2D eigenvalue weighted by atomic mass is 16.5. The summed E-state index contributed by atoms with van der Waals surface area (Å²) in [4.78, 5) is 11.1. The Balaban J connectivity index is 2.27. The van der Waals surface area contributed by atoms with Crippen molar-refractivity contribution in [2.45, 2.75) is 19.8 Å². The van der Waals surface area contributed by atoms with Crippen LogP contribution in [0.2, 0.25) is 0 Å². The van der Waals surface area contributed by atoms with Crippen molar-refractivity contribution in [3.63, 3.8) is 0 Å². The minimum Gasteiger partial charge on any atom is -0.466 e. The van der Waals surface area contributed by atoms with E-state index in [1.807, 2.05) is 6.92 Å². The number of carbonyl (C=O) groups excluding carboxylic acids is 1. The molecule has 1 fully saturated rings.